The van der Waals surface area contributed by atoms with Crippen LogP contribution in [0, 0.1) is 6.92 Å². The van der Waals surface area contributed by atoms with Crippen LogP contribution < -0.4 is 0 Å². The molecule has 12 rings (SSSR count). The molecule has 296 valence electrons. The van der Waals surface area contributed by atoms with Crippen molar-refractivity contribution in [1.29, 1.82) is 0 Å². The third-order valence-corrected chi connectivity index (χ3v) is 12.3. The molecular formula is C58H39N5. The normalized spacial score (nSPS) is 11.6. The van der Waals surface area contributed by atoms with E-state index in [4.69, 9.17) is 15.0 Å². The average Bonchev–Trinajstić information content (AvgIpc) is 3.87. The first-order chi connectivity index (χ1) is 31.2. The molecule has 0 spiro atoms. The summed E-state index contributed by atoms with van der Waals surface area (Å²) in [5.74, 6) is 1.93. The molecule has 0 atom stereocenters. The number of benzene rings is 9. The molecule has 0 saturated heterocycles. The van der Waals surface area contributed by atoms with Crippen LogP contribution in [0.25, 0.3) is 111 Å². The van der Waals surface area contributed by atoms with Crippen molar-refractivity contribution in [3.8, 4) is 67.8 Å². The Hall–Kier alpha value is -8.41. The fourth-order valence-electron chi connectivity index (χ4n) is 9.33. The van der Waals surface area contributed by atoms with Crippen molar-refractivity contribution in [2.45, 2.75) is 6.92 Å². The molecule has 0 fully saturated rings. The van der Waals surface area contributed by atoms with Crippen LogP contribution in [0.3, 0.4) is 0 Å². The smallest absolute Gasteiger partial charge is 0.164 e. The third-order valence-electron chi connectivity index (χ3n) is 12.3. The van der Waals surface area contributed by atoms with Crippen molar-refractivity contribution < 1.29 is 0 Å². The third kappa shape index (κ3) is 6.21. The Bertz CT molecular complexity index is 3620. The summed E-state index contributed by atoms with van der Waals surface area (Å²) in [4.78, 5) is 15.0. The number of para-hydroxylation sites is 3. The summed E-state index contributed by atoms with van der Waals surface area (Å²) >= 11 is 0. The molecule has 3 aromatic heterocycles. The Labute approximate surface area is 364 Å². The van der Waals surface area contributed by atoms with Gasteiger partial charge in [-0.3, -0.25) is 0 Å². The van der Waals surface area contributed by atoms with Gasteiger partial charge in [0.1, 0.15) is 0 Å². The largest absolute Gasteiger partial charge is 0.309 e. The molecule has 0 aliphatic rings. The van der Waals surface area contributed by atoms with Crippen molar-refractivity contribution in [3.05, 3.63) is 224 Å². The van der Waals surface area contributed by atoms with Gasteiger partial charge in [-0.1, -0.05) is 164 Å². The van der Waals surface area contributed by atoms with Crippen molar-refractivity contribution in [3.63, 3.8) is 0 Å². The number of rotatable bonds is 7. The zero-order chi connectivity index (χ0) is 41.9. The molecule has 12 aromatic rings. The van der Waals surface area contributed by atoms with Gasteiger partial charge in [-0.15, -0.1) is 0 Å². The van der Waals surface area contributed by atoms with Gasteiger partial charge in [-0.2, -0.15) is 0 Å². The van der Waals surface area contributed by atoms with Gasteiger partial charge in [0.2, 0.25) is 0 Å². The van der Waals surface area contributed by atoms with Gasteiger partial charge in [0, 0.05) is 49.6 Å². The molecule has 0 aliphatic heterocycles. The fraction of sp³-hybridized carbons (Fsp3) is 0.0172. The Morgan fingerprint density at radius 3 is 1.56 bits per heavy atom. The van der Waals surface area contributed by atoms with E-state index in [0.717, 1.165) is 44.5 Å². The second kappa shape index (κ2) is 14.9. The summed E-state index contributed by atoms with van der Waals surface area (Å²) in [6.07, 6.45) is 0. The summed E-state index contributed by atoms with van der Waals surface area (Å²) in [7, 11) is 0. The Morgan fingerprint density at radius 1 is 0.317 bits per heavy atom. The predicted octanol–water partition coefficient (Wildman–Crippen LogP) is 14.7. The maximum absolute atomic E-state index is 5.04. The summed E-state index contributed by atoms with van der Waals surface area (Å²) in [5, 5.41) is 4.91. The van der Waals surface area contributed by atoms with Crippen LogP contribution in [-0.4, -0.2) is 24.1 Å². The minimum Gasteiger partial charge on any atom is -0.309 e. The van der Waals surface area contributed by atoms with Crippen molar-refractivity contribution in [2.75, 3.05) is 0 Å². The second-order valence-corrected chi connectivity index (χ2v) is 16.1. The lowest BCUT2D eigenvalue weighted by Crippen LogP contribution is -2.00. The van der Waals surface area contributed by atoms with E-state index in [1.165, 1.54) is 55.0 Å². The summed E-state index contributed by atoms with van der Waals surface area (Å²) in [5.41, 5.74) is 15.7. The number of hydrogen-bond donors (Lipinski definition) is 0. The molecule has 63 heavy (non-hydrogen) atoms. The van der Waals surface area contributed by atoms with E-state index in [2.05, 4.69) is 174 Å². The van der Waals surface area contributed by atoms with Gasteiger partial charge in [-0.05, 0) is 89.3 Å². The van der Waals surface area contributed by atoms with Gasteiger partial charge in [0.25, 0.3) is 0 Å². The number of aromatic nitrogens is 5. The molecule has 0 aliphatic carbocycles. The van der Waals surface area contributed by atoms with E-state index in [1.54, 1.807) is 0 Å². The lowest BCUT2D eigenvalue weighted by molar-refractivity contribution is 1.07. The molecule has 0 bridgehead atoms. The van der Waals surface area contributed by atoms with Crippen LogP contribution in [0.2, 0.25) is 0 Å². The molecule has 0 unspecified atom stereocenters. The van der Waals surface area contributed by atoms with E-state index in [1.807, 2.05) is 60.7 Å². The first-order valence-corrected chi connectivity index (χ1v) is 21.4. The fourth-order valence-corrected chi connectivity index (χ4v) is 9.33. The van der Waals surface area contributed by atoms with Gasteiger partial charge < -0.3 is 9.13 Å². The predicted molar refractivity (Wildman–Crippen MR) is 260 cm³/mol. The van der Waals surface area contributed by atoms with E-state index >= 15 is 0 Å². The molecule has 0 radical (unpaired) electrons. The SMILES string of the molecule is Cc1ccccc1-n1c2ccccc2c2cc(-c3ccc(-n4c5ccccc5c5c(-c6cccc(-c7nc(-c8ccccc8)nc(-c8ccccc8)n7)c6)cccc54)cc3)ccc21. The first kappa shape index (κ1) is 36.4. The van der Waals surface area contributed by atoms with Gasteiger partial charge in [-0.25, -0.2) is 15.0 Å². The van der Waals surface area contributed by atoms with Crippen LogP contribution in [-0.2, 0) is 0 Å². The second-order valence-electron chi connectivity index (χ2n) is 16.1. The molecular weight excluding hydrogens is 767 g/mol. The monoisotopic (exact) mass is 805 g/mol. The highest BCUT2D eigenvalue weighted by Crippen LogP contribution is 2.41. The highest BCUT2D eigenvalue weighted by atomic mass is 15.0. The Kier molecular flexibility index (Phi) is 8.64. The molecule has 0 N–H and O–H groups in total. The minimum absolute atomic E-state index is 0.635. The number of hydrogen-bond acceptors (Lipinski definition) is 3. The quantitative estimate of drug-likeness (QED) is 0.161. The number of aryl methyl sites for hydroxylation is 1. The number of nitrogens with zero attached hydrogens (tertiary/aromatic N) is 5. The minimum atomic E-state index is 0.635. The zero-order valence-electron chi connectivity index (χ0n) is 34.5. The molecule has 9 aromatic carbocycles. The van der Waals surface area contributed by atoms with Gasteiger partial charge in [0.15, 0.2) is 17.5 Å². The molecule has 0 saturated carbocycles. The van der Waals surface area contributed by atoms with Crippen LogP contribution in [0.5, 0.6) is 0 Å². The van der Waals surface area contributed by atoms with Crippen LogP contribution in [0.4, 0.5) is 0 Å². The standard InChI is InChI=1S/C58H39N5/c1-38-16-8-11-26-50(38)63-51-27-12-9-23-47(51)49-37-42(32-35-53(49)63)39-30-33-45(34-31-39)62-52-28-13-10-24-48(52)55-46(25-15-29-54(55)62)43-21-14-22-44(36-43)58-60-56(40-17-4-2-5-18-40)59-57(61-58)41-19-6-3-7-20-41/h2-37H,1H3. The first-order valence-electron chi connectivity index (χ1n) is 21.4. The maximum atomic E-state index is 5.04. The van der Waals surface area contributed by atoms with Crippen molar-refractivity contribution in [1.82, 2.24) is 24.1 Å². The average molecular weight is 806 g/mol. The van der Waals surface area contributed by atoms with Crippen molar-refractivity contribution in [2.24, 2.45) is 0 Å². The summed E-state index contributed by atoms with van der Waals surface area (Å²) in [6, 6.07) is 77.5. The van der Waals surface area contributed by atoms with E-state index in [9.17, 15) is 0 Å². The molecule has 3 heterocycles. The zero-order valence-corrected chi connectivity index (χ0v) is 34.5. The van der Waals surface area contributed by atoms with E-state index in [0.29, 0.717) is 17.5 Å². The summed E-state index contributed by atoms with van der Waals surface area (Å²) < 4.78 is 4.79. The highest BCUT2D eigenvalue weighted by molar-refractivity contribution is 6.16. The Balaban J connectivity index is 0.949. The number of fused-ring (bicyclic) bond motifs is 6. The summed E-state index contributed by atoms with van der Waals surface area (Å²) in [6.45, 7) is 2.18. The molecule has 5 heteroatoms. The lowest BCUT2D eigenvalue weighted by atomic mass is 9.97. The van der Waals surface area contributed by atoms with Gasteiger partial charge in [0.05, 0.1) is 22.1 Å². The molecule has 0 amide bonds. The van der Waals surface area contributed by atoms with Crippen LogP contribution in [0.1, 0.15) is 5.56 Å². The van der Waals surface area contributed by atoms with E-state index in [-0.39, 0.29) is 0 Å². The van der Waals surface area contributed by atoms with Crippen LogP contribution >= 0.6 is 0 Å². The topological polar surface area (TPSA) is 48.5 Å². The maximum Gasteiger partial charge on any atom is 0.164 e. The Morgan fingerprint density at radius 2 is 0.841 bits per heavy atom. The van der Waals surface area contributed by atoms with Crippen molar-refractivity contribution >= 4 is 43.6 Å². The van der Waals surface area contributed by atoms with Gasteiger partial charge >= 0.3 is 0 Å². The molecule has 5 nitrogen and oxygen atoms in total. The highest BCUT2D eigenvalue weighted by Gasteiger charge is 2.19. The van der Waals surface area contributed by atoms with Crippen LogP contribution in [0.15, 0.2) is 218 Å². The lowest BCUT2D eigenvalue weighted by Gasteiger charge is -2.12. The van der Waals surface area contributed by atoms with E-state index < -0.39 is 0 Å².